The van der Waals surface area contributed by atoms with E-state index in [-0.39, 0.29) is 12.2 Å². The van der Waals surface area contributed by atoms with Crippen molar-refractivity contribution in [2.24, 2.45) is 0 Å². The number of carboxylic acids is 1. The molecule has 0 heterocycles. The third-order valence-corrected chi connectivity index (χ3v) is 3.91. The molecule has 0 bridgehead atoms. The van der Waals surface area contributed by atoms with E-state index >= 15 is 0 Å². The van der Waals surface area contributed by atoms with E-state index < -0.39 is 5.97 Å². The molecule has 0 aliphatic heterocycles. The highest BCUT2D eigenvalue weighted by Gasteiger charge is 2.04. The molecule has 138 valence electrons. The normalized spacial score (nSPS) is 14.8. The van der Waals surface area contributed by atoms with E-state index in [0.717, 1.165) is 70.3 Å². The Hall–Kier alpha value is -1.39. The van der Waals surface area contributed by atoms with Gasteiger partial charge in [-0.1, -0.05) is 63.0 Å². The van der Waals surface area contributed by atoms with E-state index in [1.807, 2.05) is 19.1 Å². The summed E-state index contributed by atoms with van der Waals surface area (Å²) in [6.45, 7) is 2.00. The van der Waals surface area contributed by atoms with Crippen LogP contribution in [0.1, 0.15) is 71.1 Å². The molecular weight excluding hydrogens is 304 g/mol. The molecular formula is C20H34O4. The van der Waals surface area contributed by atoms with Crippen molar-refractivity contribution in [1.29, 1.82) is 0 Å². The largest absolute Gasteiger partial charge is 0.478 e. The van der Waals surface area contributed by atoms with Gasteiger partial charge in [-0.25, -0.2) is 4.79 Å². The lowest BCUT2D eigenvalue weighted by molar-refractivity contribution is -0.131. The summed E-state index contributed by atoms with van der Waals surface area (Å²) in [4.78, 5) is 10.2. The van der Waals surface area contributed by atoms with E-state index in [2.05, 4.69) is 0 Å². The highest BCUT2D eigenvalue weighted by molar-refractivity contribution is 5.80. The summed E-state index contributed by atoms with van der Waals surface area (Å²) >= 11 is 0. The smallest absolute Gasteiger partial charge is 0.328 e. The Morgan fingerprint density at radius 1 is 0.833 bits per heavy atom. The van der Waals surface area contributed by atoms with E-state index in [9.17, 15) is 15.0 Å². The highest BCUT2D eigenvalue weighted by Crippen LogP contribution is 2.13. The maximum absolute atomic E-state index is 10.2. The summed E-state index contributed by atoms with van der Waals surface area (Å²) < 4.78 is 0. The summed E-state index contributed by atoms with van der Waals surface area (Å²) in [5.74, 6) is -0.948. The first-order valence-corrected chi connectivity index (χ1v) is 9.15. The van der Waals surface area contributed by atoms with E-state index in [0.29, 0.717) is 0 Å². The van der Waals surface area contributed by atoms with Crippen LogP contribution in [-0.4, -0.2) is 33.5 Å². The van der Waals surface area contributed by atoms with Gasteiger partial charge in [0.1, 0.15) is 0 Å². The molecule has 0 spiro atoms. The Bertz CT molecular complexity index is 385. The first kappa shape index (κ1) is 22.6. The van der Waals surface area contributed by atoms with Gasteiger partial charge in [0, 0.05) is 6.08 Å². The van der Waals surface area contributed by atoms with Gasteiger partial charge in [0.2, 0.25) is 0 Å². The molecule has 0 aromatic rings. The molecule has 0 aliphatic rings. The lowest BCUT2D eigenvalue weighted by atomic mass is 10.0. The Labute approximate surface area is 146 Å². The number of rotatable bonds is 15. The number of aliphatic hydroxyl groups excluding tert-OH is 2. The number of unbranched alkanes of at least 4 members (excludes halogenated alkanes) is 4. The van der Waals surface area contributed by atoms with Crippen molar-refractivity contribution in [3.8, 4) is 0 Å². The van der Waals surface area contributed by atoms with Gasteiger partial charge in [-0.15, -0.1) is 0 Å². The summed E-state index contributed by atoms with van der Waals surface area (Å²) in [7, 11) is 0. The molecule has 0 radical (unpaired) electrons. The number of hydrogen-bond acceptors (Lipinski definition) is 3. The summed E-state index contributed by atoms with van der Waals surface area (Å²) in [5, 5.41) is 27.8. The van der Waals surface area contributed by atoms with Gasteiger partial charge in [0.15, 0.2) is 0 Å². The van der Waals surface area contributed by atoms with E-state index in [1.165, 1.54) is 6.08 Å². The first-order chi connectivity index (χ1) is 11.6. The molecule has 4 nitrogen and oxygen atoms in total. The van der Waals surface area contributed by atoms with Crippen LogP contribution in [0.15, 0.2) is 36.5 Å². The second kappa shape index (κ2) is 16.5. The Kier molecular flexibility index (Phi) is 15.5. The minimum absolute atomic E-state index is 0.147. The van der Waals surface area contributed by atoms with Gasteiger partial charge < -0.3 is 15.3 Å². The molecule has 0 amide bonds. The minimum atomic E-state index is -0.948. The van der Waals surface area contributed by atoms with Crippen molar-refractivity contribution in [2.45, 2.75) is 83.3 Å². The number of carboxylic acid groups (broad SMARTS) is 1. The quantitative estimate of drug-likeness (QED) is 0.235. The van der Waals surface area contributed by atoms with Gasteiger partial charge in [-0.3, -0.25) is 0 Å². The lowest BCUT2D eigenvalue weighted by Gasteiger charge is -2.10. The van der Waals surface area contributed by atoms with Gasteiger partial charge in [-0.05, 0) is 38.5 Å². The second-order valence-electron chi connectivity index (χ2n) is 6.15. The highest BCUT2D eigenvalue weighted by atomic mass is 16.4. The second-order valence-corrected chi connectivity index (χ2v) is 6.15. The van der Waals surface area contributed by atoms with Crippen LogP contribution in [0.25, 0.3) is 0 Å². The maximum Gasteiger partial charge on any atom is 0.328 e. The Balaban J connectivity index is 3.46. The van der Waals surface area contributed by atoms with Crippen molar-refractivity contribution < 1.29 is 20.1 Å². The van der Waals surface area contributed by atoms with Crippen LogP contribution >= 0.6 is 0 Å². The fourth-order valence-corrected chi connectivity index (χ4v) is 2.37. The standard InChI is InChI=1S/C20H34O4/c1-2-18(21)14-10-8-9-12-16-19(22)15-11-6-4-3-5-7-13-17-20(23)24/h3-5,7,13,17-19,21-22H,2,6,8-12,14-16H2,1H3,(H,23,24)/b4-3+,7-5+,17-13+. The van der Waals surface area contributed by atoms with Crippen LogP contribution < -0.4 is 0 Å². The van der Waals surface area contributed by atoms with Crippen molar-refractivity contribution in [2.75, 3.05) is 0 Å². The summed E-state index contributed by atoms with van der Waals surface area (Å²) in [6.07, 6.45) is 19.3. The summed E-state index contributed by atoms with van der Waals surface area (Å²) in [6, 6.07) is 0. The van der Waals surface area contributed by atoms with Crippen LogP contribution in [0.2, 0.25) is 0 Å². The third-order valence-electron chi connectivity index (χ3n) is 3.91. The zero-order valence-corrected chi connectivity index (χ0v) is 14.9. The van der Waals surface area contributed by atoms with Crippen molar-refractivity contribution in [3.05, 3.63) is 36.5 Å². The van der Waals surface area contributed by atoms with E-state index in [4.69, 9.17) is 5.11 Å². The predicted molar refractivity (Wildman–Crippen MR) is 98.9 cm³/mol. The zero-order chi connectivity index (χ0) is 18.0. The number of hydrogen-bond donors (Lipinski definition) is 3. The van der Waals surface area contributed by atoms with Crippen LogP contribution in [-0.2, 0) is 4.79 Å². The van der Waals surface area contributed by atoms with Gasteiger partial charge >= 0.3 is 5.97 Å². The van der Waals surface area contributed by atoms with Crippen LogP contribution in [0.5, 0.6) is 0 Å². The zero-order valence-electron chi connectivity index (χ0n) is 14.9. The fourth-order valence-electron chi connectivity index (χ4n) is 2.37. The molecule has 24 heavy (non-hydrogen) atoms. The molecule has 0 fully saturated rings. The average molecular weight is 338 g/mol. The maximum atomic E-state index is 10.2. The number of aliphatic carboxylic acids is 1. The fraction of sp³-hybridized carbons (Fsp3) is 0.650. The molecule has 0 saturated carbocycles. The SMILES string of the molecule is CCC(O)CCCCCCC(O)CCC/C=C/C=C/C=C/C(=O)O. The molecule has 0 aromatic heterocycles. The molecule has 0 rings (SSSR count). The van der Waals surface area contributed by atoms with Crippen molar-refractivity contribution in [1.82, 2.24) is 0 Å². The topological polar surface area (TPSA) is 77.8 Å². The van der Waals surface area contributed by atoms with E-state index in [1.54, 1.807) is 12.2 Å². The first-order valence-electron chi connectivity index (χ1n) is 9.15. The van der Waals surface area contributed by atoms with Crippen molar-refractivity contribution >= 4 is 5.97 Å². The average Bonchev–Trinajstić information content (AvgIpc) is 2.55. The Morgan fingerprint density at radius 2 is 1.42 bits per heavy atom. The van der Waals surface area contributed by atoms with Crippen LogP contribution in [0.4, 0.5) is 0 Å². The van der Waals surface area contributed by atoms with Crippen LogP contribution in [0.3, 0.4) is 0 Å². The molecule has 4 heteroatoms. The van der Waals surface area contributed by atoms with Crippen LogP contribution in [0, 0.1) is 0 Å². The molecule has 0 aliphatic carbocycles. The minimum Gasteiger partial charge on any atom is -0.478 e. The summed E-state index contributed by atoms with van der Waals surface area (Å²) in [5.41, 5.74) is 0. The predicted octanol–water partition coefficient (Wildman–Crippen LogP) is 4.38. The Morgan fingerprint density at radius 3 is 2.04 bits per heavy atom. The third kappa shape index (κ3) is 17.0. The molecule has 0 saturated heterocycles. The van der Waals surface area contributed by atoms with Gasteiger partial charge in [0.25, 0.3) is 0 Å². The molecule has 3 N–H and O–H groups in total. The number of aliphatic hydroxyl groups is 2. The molecule has 0 aromatic carbocycles. The monoisotopic (exact) mass is 338 g/mol. The molecule has 2 atom stereocenters. The van der Waals surface area contributed by atoms with Crippen molar-refractivity contribution in [3.63, 3.8) is 0 Å². The number of carbonyl (C=O) groups is 1. The lowest BCUT2D eigenvalue weighted by Crippen LogP contribution is -2.06. The number of allylic oxidation sites excluding steroid dienone is 5. The van der Waals surface area contributed by atoms with Gasteiger partial charge in [0.05, 0.1) is 12.2 Å². The van der Waals surface area contributed by atoms with Gasteiger partial charge in [-0.2, -0.15) is 0 Å². The molecule has 2 unspecified atom stereocenters.